The molecule has 0 aliphatic rings. The van der Waals surface area contributed by atoms with Crippen LogP contribution in [0.5, 0.6) is 0 Å². The second-order valence-corrected chi connectivity index (χ2v) is 1.75. The monoisotopic (exact) mass is 136 g/mol. The van der Waals surface area contributed by atoms with Crippen molar-refractivity contribution >= 4 is 24.4 Å². The fraction of sp³-hybridized carbons (Fsp3) is 0. The summed E-state index contributed by atoms with van der Waals surface area (Å²) >= 11 is -1.76. The predicted octanol–water partition coefficient (Wildman–Crippen LogP) is -1.94. The van der Waals surface area contributed by atoms with E-state index >= 15 is 0 Å². The Kier molecular flexibility index (Phi) is 4.00. The van der Waals surface area contributed by atoms with Gasteiger partial charge in [0.15, 0.2) is 11.5 Å². The summed E-state index contributed by atoms with van der Waals surface area (Å²) in [6.45, 7) is 0. The topological polar surface area (TPSA) is 81.3 Å². The van der Waals surface area contributed by atoms with Crippen molar-refractivity contribution in [2.24, 2.45) is 0 Å². The van der Waals surface area contributed by atoms with Gasteiger partial charge >= 0.3 is 0 Å². The van der Waals surface area contributed by atoms with E-state index in [2.05, 4.69) is 0 Å². The maximum absolute atomic E-state index is 10.1. The summed E-state index contributed by atoms with van der Waals surface area (Å²) in [4.78, 5) is 18.9. The maximum atomic E-state index is 10.1. The first-order chi connectivity index (χ1) is 3.81. The third-order valence-corrected chi connectivity index (χ3v) is 0.931. The summed E-state index contributed by atoms with van der Waals surface area (Å²) < 4.78 is 13.7. The molecule has 0 aromatic heterocycles. The molecule has 0 spiro atoms. The SMILES string of the molecule is O=CN[S+]([O-])NC=O. The molecule has 0 fully saturated rings. The number of hydrogen-bond donors (Lipinski definition) is 2. The summed E-state index contributed by atoms with van der Waals surface area (Å²) in [6, 6.07) is 0. The van der Waals surface area contributed by atoms with E-state index in [-0.39, 0.29) is 12.8 Å². The van der Waals surface area contributed by atoms with Crippen molar-refractivity contribution in [1.29, 1.82) is 0 Å². The maximum Gasteiger partial charge on any atom is 0.250 e. The Balaban J connectivity index is 3.16. The number of nitrogens with one attached hydrogen (secondary N) is 2. The Bertz CT molecular complexity index is 77.4. The van der Waals surface area contributed by atoms with Crippen LogP contribution in [0.2, 0.25) is 0 Å². The summed E-state index contributed by atoms with van der Waals surface area (Å²) in [5.74, 6) is 0. The summed E-state index contributed by atoms with van der Waals surface area (Å²) in [7, 11) is 0. The van der Waals surface area contributed by atoms with E-state index in [0.29, 0.717) is 0 Å². The minimum atomic E-state index is -1.76. The molecule has 2 amide bonds. The van der Waals surface area contributed by atoms with Crippen molar-refractivity contribution in [3.05, 3.63) is 0 Å². The van der Waals surface area contributed by atoms with Crippen LogP contribution in [0.3, 0.4) is 0 Å². The lowest BCUT2D eigenvalue weighted by molar-refractivity contribution is -0.108. The smallest absolute Gasteiger partial charge is 0.250 e. The van der Waals surface area contributed by atoms with E-state index < -0.39 is 11.5 Å². The predicted molar refractivity (Wildman–Crippen MR) is 26.5 cm³/mol. The molecule has 0 aromatic rings. The Labute approximate surface area is 48.9 Å². The van der Waals surface area contributed by atoms with Gasteiger partial charge in [0, 0.05) is 0 Å². The average molecular weight is 136 g/mol. The zero-order valence-corrected chi connectivity index (χ0v) is 4.60. The molecule has 0 saturated heterocycles. The number of rotatable bonds is 4. The lowest BCUT2D eigenvalue weighted by Crippen LogP contribution is -2.34. The molecule has 0 unspecified atom stereocenters. The van der Waals surface area contributed by atoms with Crippen LogP contribution in [0.4, 0.5) is 0 Å². The molecule has 0 radical (unpaired) electrons. The highest BCUT2D eigenvalue weighted by Crippen LogP contribution is 1.65. The van der Waals surface area contributed by atoms with Gasteiger partial charge in [0.25, 0.3) is 12.8 Å². The molecule has 0 aliphatic carbocycles. The van der Waals surface area contributed by atoms with Crippen molar-refractivity contribution in [2.45, 2.75) is 0 Å². The van der Waals surface area contributed by atoms with Gasteiger partial charge in [-0.1, -0.05) is 0 Å². The second kappa shape index (κ2) is 4.41. The molecule has 0 atom stereocenters. The molecular formula is C2H4N2O3S. The Hall–Kier alpha value is -0.750. The van der Waals surface area contributed by atoms with Gasteiger partial charge in [-0.15, -0.1) is 0 Å². The summed E-state index contributed by atoms with van der Waals surface area (Å²) in [5.41, 5.74) is 0. The second-order valence-electron chi connectivity index (χ2n) is 0.740. The normalized spacial score (nSPS) is 8.25. The van der Waals surface area contributed by atoms with Crippen LogP contribution in [0.25, 0.3) is 0 Å². The number of carbonyl (C=O) groups is 2. The first kappa shape index (κ1) is 7.25. The van der Waals surface area contributed by atoms with Gasteiger partial charge in [-0.2, -0.15) is 9.44 Å². The first-order valence-electron chi connectivity index (χ1n) is 1.62. The van der Waals surface area contributed by atoms with E-state index in [1.54, 1.807) is 9.44 Å². The first-order valence-corrected chi connectivity index (χ1v) is 2.77. The van der Waals surface area contributed by atoms with Gasteiger partial charge < -0.3 is 4.55 Å². The molecule has 0 saturated carbocycles. The van der Waals surface area contributed by atoms with Crippen molar-refractivity contribution in [2.75, 3.05) is 0 Å². The molecular weight excluding hydrogens is 132 g/mol. The summed E-state index contributed by atoms with van der Waals surface area (Å²) in [5, 5.41) is 0. The van der Waals surface area contributed by atoms with Gasteiger partial charge in [0.05, 0.1) is 0 Å². The van der Waals surface area contributed by atoms with Crippen LogP contribution in [-0.2, 0) is 21.1 Å². The van der Waals surface area contributed by atoms with Crippen LogP contribution < -0.4 is 9.44 Å². The Morgan fingerprint density at radius 1 is 1.25 bits per heavy atom. The largest absolute Gasteiger partial charge is 0.568 e. The molecule has 0 aliphatic heterocycles. The highest BCUT2D eigenvalue weighted by atomic mass is 32.2. The Morgan fingerprint density at radius 2 is 1.62 bits per heavy atom. The van der Waals surface area contributed by atoms with Crippen LogP contribution in [0.1, 0.15) is 0 Å². The van der Waals surface area contributed by atoms with Crippen LogP contribution in [0, 0.1) is 0 Å². The minimum absolute atomic E-state index is 0.229. The van der Waals surface area contributed by atoms with Gasteiger partial charge in [-0.3, -0.25) is 9.59 Å². The summed E-state index contributed by atoms with van der Waals surface area (Å²) in [6.07, 6.45) is 0.458. The number of hydrogen-bond acceptors (Lipinski definition) is 3. The molecule has 5 nitrogen and oxygen atoms in total. The average Bonchev–Trinajstić information content (AvgIpc) is 1.68. The lowest BCUT2D eigenvalue weighted by atomic mass is 11.5. The van der Waals surface area contributed by atoms with Crippen LogP contribution in [-0.4, -0.2) is 17.4 Å². The van der Waals surface area contributed by atoms with E-state index in [9.17, 15) is 14.1 Å². The van der Waals surface area contributed by atoms with E-state index in [1.807, 2.05) is 0 Å². The highest BCUT2D eigenvalue weighted by Gasteiger charge is 1.97. The zero-order valence-electron chi connectivity index (χ0n) is 3.79. The molecule has 8 heavy (non-hydrogen) atoms. The standard InChI is InChI=1S/C2H4N2O3S/c5-1-3-8(7)4-2-6/h1-2H,(H,3,5)(H,4,6). The third kappa shape index (κ3) is 3.44. The molecule has 0 rings (SSSR count). The van der Waals surface area contributed by atoms with Crippen molar-refractivity contribution in [3.8, 4) is 0 Å². The molecule has 0 bridgehead atoms. The minimum Gasteiger partial charge on any atom is -0.568 e. The molecule has 2 N–H and O–H groups in total. The van der Waals surface area contributed by atoms with Crippen LogP contribution in [0.15, 0.2) is 0 Å². The molecule has 6 heteroatoms. The van der Waals surface area contributed by atoms with E-state index in [1.165, 1.54) is 0 Å². The van der Waals surface area contributed by atoms with E-state index in [0.717, 1.165) is 0 Å². The van der Waals surface area contributed by atoms with Gasteiger partial charge in [0.2, 0.25) is 0 Å². The van der Waals surface area contributed by atoms with Crippen LogP contribution >= 0.6 is 0 Å². The van der Waals surface area contributed by atoms with Crippen molar-refractivity contribution < 1.29 is 14.1 Å². The van der Waals surface area contributed by atoms with Gasteiger partial charge in [-0.25, -0.2) is 0 Å². The van der Waals surface area contributed by atoms with E-state index in [4.69, 9.17) is 0 Å². The molecule has 46 valence electrons. The van der Waals surface area contributed by atoms with Crippen molar-refractivity contribution in [3.63, 3.8) is 0 Å². The molecule has 0 aromatic carbocycles. The Morgan fingerprint density at radius 3 is 1.88 bits per heavy atom. The van der Waals surface area contributed by atoms with Crippen molar-refractivity contribution in [1.82, 2.24) is 9.44 Å². The number of carbonyl (C=O) groups excluding carboxylic acids is 2. The number of amides is 2. The highest BCUT2D eigenvalue weighted by molar-refractivity contribution is 7.88. The zero-order chi connectivity index (χ0) is 6.41. The third-order valence-electron chi connectivity index (χ3n) is 0.310. The lowest BCUT2D eigenvalue weighted by Gasteiger charge is -2.00. The molecule has 0 heterocycles. The quantitative estimate of drug-likeness (QED) is 0.348. The fourth-order valence-electron chi connectivity index (χ4n) is 0.121. The fourth-order valence-corrected chi connectivity index (χ4v) is 0.364. The van der Waals surface area contributed by atoms with Gasteiger partial charge in [-0.05, 0) is 0 Å². The van der Waals surface area contributed by atoms with Gasteiger partial charge in [0.1, 0.15) is 0 Å².